The molecule has 2 rings (SSSR count). The van der Waals surface area contributed by atoms with Crippen molar-refractivity contribution >= 4 is 11.9 Å². The van der Waals surface area contributed by atoms with E-state index in [2.05, 4.69) is 23.2 Å². The number of guanidine groups is 1. The van der Waals surface area contributed by atoms with E-state index in [0.717, 1.165) is 50.6 Å². The summed E-state index contributed by atoms with van der Waals surface area (Å²) in [5.41, 5.74) is 1.21. The van der Waals surface area contributed by atoms with Gasteiger partial charge in [-0.3, -0.25) is 9.79 Å². The Morgan fingerprint density at radius 1 is 1.31 bits per heavy atom. The molecule has 1 aromatic carbocycles. The van der Waals surface area contributed by atoms with Crippen LogP contribution in [-0.4, -0.2) is 56.7 Å². The molecular formula is C20H31N3O3. The lowest BCUT2D eigenvalue weighted by atomic mass is 9.97. The normalized spacial score (nSPS) is 15.7. The van der Waals surface area contributed by atoms with Gasteiger partial charge in [0.2, 0.25) is 0 Å². The molecule has 0 atom stereocenters. The number of nitrogens with one attached hydrogen (secondary N) is 1. The van der Waals surface area contributed by atoms with Crippen molar-refractivity contribution in [1.29, 1.82) is 0 Å². The molecule has 6 heteroatoms. The van der Waals surface area contributed by atoms with Crippen molar-refractivity contribution < 1.29 is 14.3 Å². The topological polar surface area (TPSA) is 63.2 Å². The number of carbonyl (C=O) groups excluding carboxylic acids is 1. The first kappa shape index (κ1) is 20.1. The van der Waals surface area contributed by atoms with Crippen LogP contribution in [0.25, 0.3) is 0 Å². The van der Waals surface area contributed by atoms with Gasteiger partial charge < -0.3 is 19.7 Å². The van der Waals surface area contributed by atoms with Gasteiger partial charge in [-0.1, -0.05) is 12.1 Å². The van der Waals surface area contributed by atoms with Gasteiger partial charge in [-0.05, 0) is 50.8 Å². The molecule has 1 fully saturated rings. The summed E-state index contributed by atoms with van der Waals surface area (Å²) in [6.45, 7) is 7.58. The molecule has 0 aliphatic carbocycles. The maximum atomic E-state index is 11.9. The minimum absolute atomic E-state index is 0.0193. The van der Waals surface area contributed by atoms with Gasteiger partial charge in [0.15, 0.2) is 5.96 Å². The maximum absolute atomic E-state index is 11.9. The number of methoxy groups -OCH3 is 1. The molecule has 0 aromatic heterocycles. The van der Waals surface area contributed by atoms with E-state index in [-0.39, 0.29) is 11.9 Å². The van der Waals surface area contributed by atoms with Crippen LogP contribution in [0.5, 0.6) is 5.75 Å². The molecule has 144 valence electrons. The Kier molecular flexibility index (Phi) is 8.25. The van der Waals surface area contributed by atoms with Crippen LogP contribution >= 0.6 is 0 Å². The molecule has 1 aliphatic heterocycles. The van der Waals surface area contributed by atoms with E-state index >= 15 is 0 Å². The molecule has 0 radical (unpaired) electrons. The van der Waals surface area contributed by atoms with Gasteiger partial charge in [0, 0.05) is 26.2 Å². The van der Waals surface area contributed by atoms with E-state index in [9.17, 15) is 4.79 Å². The quantitative estimate of drug-likeness (QED) is 0.459. The zero-order valence-corrected chi connectivity index (χ0v) is 16.2. The first-order valence-corrected chi connectivity index (χ1v) is 9.50. The smallest absolute Gasteiger partial charge is 0.309 e. The van der Waals surface area contributed by atoms with Crippen LogP contribution in [-0.2, 0) is 16.0 Å². The lowest BCUT2D eigenvalue weighted by Crippen LogP contribution is -2.46. The highest BCUT2D eigenvalue weighted by Gasteiger charge is 2.27. The summed E-state index contributed by atoms with van der Waals surface area (Å²) < 4.78 is 10.4. The van der Waals surface area contributed by atoms with E-state index in [1.54, 1.807) is 7.11 Å². The van der Waals surface area contributed by atoms with Crippen molar-refractivity contribution in [3.05, 3.63) is 29.8 Å². The van der Waals surface area contributed by atoms with E-state index in [0.29, 0.717) is 13.2 Å². The van der Waals surface area contributed by atoms with Gasteiger partial charge in [-0.15, -0.1) is 0 Å². The predicted octanol–water partition coefficient (Wildman–Crippen LogP) is 2.48. The number of hydrogen-bond acceptors (Lipinski definition) is 4. The third-order valence-corrected chi connectivity index (χ3v) is 4.55. The Hall–Kier alpha value is -2.24. The average Bonchev–Trinajstić information content (AvgIpc) is 2.68. The van der Waals surface area contributed by atoms with Gasteiger partial charge in [0.1, 0.15) is 5.75 Å². The Morgan fingerprint density at radius 2 is 2.08 bits per heavy atom. The van der Waals surface area contributed by atoms with E-state index in [4.69, 9.17) is 14.5 Å². The van der Waals surface area contributed by atoms with Crippen LogP contribution in [0.1, 0.15) is 32.3 Å². The van der Waals surface area contributed by atoms with Crippen LogP contribution in [0.2, 0.25) is 0 Å². The highest BCUT2D eigenvalue weighted by Crippen LogP contribution is 2.19. The molecule has 1 saturated heterocycles. The minimum atomic E-state index is -0.0629. The average molecular weight is 361 g/mol. The third-order valence-electron chi connectivity index (χ3n) is 4.55. The van der Waals surface area contributed by atoms with Crippen molar-refractivity contribution in [3.8, 4) is 5.75 Å². The third kappa shape index (κ3) is 5.93. The number of ether oxygens (including phenoxy) is 2. The molecule has 1 N–H and O–H groups in total. The van der Waals surface area contributed by atoms with Gasteiger partial charge in [0.05, 0.1) is 19.6 Å². The van der Waals surface area contributed by atoms with Crippen molar-refractivity contribution in [2.75, 3.05) is 39.9 Å². The molecule has 0 saturated carbocycles. The monoisotopic (exact) mass is 361 g/mol. The first-order chi connectivity index (χ1) is 12.7. The van der Waals surface area contributed by atoms with E-state index in [1.807, 2.05) is 25.1 Å². The summed E-state index contributed by atoms with van der Waals surface area (Å²) in [7, 11) is 1.68. The number of likely N-dealkylation sites (tertiary alicyclic amines) is 1. The lowest BCUT2D eigenvalue weighted by Gasteiger charge is -2.33. The molecule has 1 aliphatic rings. The number of carbonyl (C=O) groups is 1. The number of esters is 1. The van der Waals surface area contributed by atoms with E-state index < -0.39 is 0 Å². The fraction of sp³-hybridized carbons (Fsp3) is 0.600. The summed E-state index contributed by atoms with van der Waals surface area (Å²) in [5.74, 6) is 1.76. The Bertz CT molecular complexity index is 596. The van der Waals surface area contributed by atoms with Crippen LogP contribution in [0, 0.1) is 5.92 Å². The number of hydrogen-bond donors (Lipinski definition) is 1. The fourth-order valence-electron chi connectivity index (χ4n) is 3.13. The molecule has 0 unspecified atom stereocenters. The molecular weight excluding hydrogens is 330 g/mol. The van der Waals surface area contributed by atoms with Gasteiger partial charge in [-0.25, -0.2) is 0 Å². The summed E-state index contributed by atoms with van der Waals surface area (Å²) in [5, 5.41) is 3.37. The molecule has 26 heavy (non-hydrogen) atoms. The number of rotatable bonds is 7. The molecule has 1 heterocycles. The molecule has 6 nitrogen and oxygen atoms in total. The summed E-state index contributed by atoms with van der Waals surface area (Å²) >= 11 is 0. The van der Waals surface area contributed by atoms with Crippen LogP contribution in [0.15, 0.2) is 29.3 Å². The Morgan fingerprint density at radius 3 is 2.73 bits per heavy atom. The van der Waals surface area contributed by atoms with Crippen LogP contribution in [0.3, 0.4) is 0 Å². The number of piperidine rings is 1. The summed E-state index contributed by atoms with van der Waals surface area (Å²) in [6, 6.07) is 8.09. The zero-order chi connectivity index (χ0) is 18.8. The number of nitrogens with zero attached hydrogens (tertiary/aromatic N) is 2. The van der Waals surface area contributed by atoms with Gasteiger partial charge >= 0.3 is 5.97 Å². The van der Waals surface area contributed by atoms with Crippen LogP contribution < -0.4 is 10.1 Å². The molecule has 1 aromatic rings. The Balaban J connectivity index is 1.89. The number of aliphatic imine (C=N–C) groups is 1. The minimum Gasteiger partial charge on any atom is -0.497 e. The molecule has 0 amide bonds. The largest absolute Gasteiger partial charge is 0.497 e. The van der Waals surface area contributed by atoms with Crippen molar-refractivity contribution in [1.82, 2.24) is 10.2 Å². The zero-order valence-electron chi connectivity index (χ0n) is 16.2. The second-order valence-corrected chi connectivity index (χ2v) is 6.35. The maximum Gasteiger partial charge on any atom is 0.309 e. The summed E-state index contributed by atoms with van der Waals surface area (Å²) in [4.78, 5) is 18.9. The second kappa shape index (κ2) is 10.7. The molecule has 0 bridgehead atoms. The van der Waals surface area contributed by atoms with Crippen molar-refractivity contribution in [3.63, 3.8) is 0 Å². The number of benzene rings is 1. The Labute approximate surface area is 156 Å². The van der Waals surface area contributed by atoms with Crippen LogP contribution in [0.4, 0.5) is 0 Å². The van der Waals surface area contributed by atoms with Gasteiger partial charge in [0.25, 0.3) is 0 Å². The van der Waals surface area contributed by atoms with E-state index in [1.165, 1.54) is 5.56 Å². The fourth-order valence-corrected chi connectivity index (χ4v) is 3.13. The highest BCUT2D eigenvalue weighted by molar-refractivity contribution is 5.80. The first-order valence-electron chi connectivity index (χ1n) is 9.50. The lowest BCUT2D eigenvalue weighted by molar-refractivity contribution is -0.149. The summed E-state index contributed by atoms with van der Waals surface area (Å²) in [6.07, 6.45) is 2.50. The van der Waals surface area contributed by atoms with Crippen molar-refractivity contribution in [2.45, 2.75) is 33.1 Å². The predicted molar refractivity (Wildman–Crippen MR) is 104 cm³/mol. The van der Waals surface area contributed by atoms with Crippen molar-refractivity contribution in [2.24, 2.45) is 10.9 Å². The second-order valence-electron chi connectivity index (χ2n) is 6.35. The highest BCUT2D eigenvalue weighted by atomic mass is 16.5. The molecule has 0 spiro atoms. The SMILES string of the molecule is CCNC(=NCCc1cccc(OC)c1)N1CCC(C(=O)OCC)CC1. The van der Waals surface area contributed by atoms with Gasteiger partial charge in [-0.2, -0.15) is 0 Å². The standard InChI is InChI=1S/C20H31N3O3/c1-4-21-20(22-12-9-16-7-6-8-18(15-16)25-3)23-13-10-17(11-14-23)19(24)26-5-2/h6-8,15,17H,4-5,9-14H2,1-3H3,(H,21,22).